The monoisotopic (exact) mass is 513 g/mol. The van der Waals surface area contributed by atoms with Crippen LogP contribution in [0, 0.1) is 0 Å². The molecule has 1 amide bonds. The highest BCUT2D eigenvalue weighted by atomic mass is 16.5. The fourth-order valence-electron chi connectivity index (χ4n) is 4.32. The number of nitrogens with zero attached hydrogens (tertiary/aromatic N) is 1. The molecule has 3 aromatic carbocycles. The SMILES string of the molecule is CCOc1cc(C2C(C(=O)/C=C/c3ccccc3)=C(O)C(=O)N2CCOC)ccc1OCc1ccccc1. The van der Waals surface area contributed by atoms with Gasteiger partial charge in [0.1, 0.15) is 6.61 Å². The van der Waals surface area contributed by atoms with Crippen molar-refractivity contribution in [2.45, 2.75) is 19.6 Å². The Morgan fingerprint density at radius 3 is 2.37 bits per heavy atom. The van der Waals surface area contributed by atoms with Crippen molar-refractivity contribution >= 4 is 17.8 Å². The summed E-state index contributed by atoms with van der Waals surface area (Å²) in [6.45, 7) is 3.06. The molecule has 38 heavy (non-hydrogen) atoms. The number of hydrogen-bond acceptors (Lipinski definition) is 6. The number of ether oxygens (including phenoxy) is 3. The molecule has 0 bridgehead atoms. The molecule has 7 heteroatoms. The summed E-state index contributed by atoms with van der Waals surface area (Å²) in [5, 5.41) is 10.8. The second-order valence-corrected chi connectivity index (χ2v) is 8.68. The fourth-order valence-corrected chi connectivity index (χ4v) is 4.32. The Bertz CT molecular complexity index is 1320. The minimum atomic E-state index is -0.812. The largest absolute Gasteiger partial charge is 0.503 e. The van der Waals surface area contributed by atoms with Gasteiger partial charge in [-0.15, -0.1) is 0 Å². The van der Waals surface area contributed by atoms with E-state index in [2.05, 4.69) is 0 Å². The van der Waals surface area contributed by atoms with Gasteiger partial charge >= 0.3 is 0 Å². The highest BCUT2D eigenvalue weighted by Crippen LogP contribution is 2.41. The average Bonchev–Trinajstić information content (AvgIpc) is 3.20. The summed E-state index contributed by atoms with van der Waals surface area (Å²) in [6, 6.07) is 23.6. The van der Waals surface area contributed by atoms with Crippen LogP contribution in [0.2, 0.25) is 0 Å². The maximum absolute atomic E-state index is 13.3. The van der Waals surface area contributed by atoms with Crippen LogP contribution in [0.15, 0.2) is 96.3 Å². The van der Waals surface area contributed by atoms with Crippen molar-refractivity contribution in [1.82, 2.24) is 4.90 Å². The summed E-state index contributed by atoms with van der Waals surface area (Å²) in [5.74, 6) is -0.607. The predicted octanol–water partition coefficient (Wildman–Crippen LogP) is 5.29. The molecule has 3 aromatic rings. The van der Waals surface area contributed by atoms with Gasteiger partial charge in [-0.05, 0) is 41.8 Å². The Hall–Kier alpha value is -4.36. The Morgan fingerprint density at radius 1 is 0.974 bits per heavy atom. The molecule has 0 aromatic heterocycles. The van der Waals surface area contributed by atoms with Crippen molar-refractivity contribution in [1.29, 1.82) is 0 Å². The molecule has 1 heterocycles. The van der Waals surface area contributed by atoms with Crippen molar-refractivity contribution < 1.29 is 28.9 Å². The third-order valence-corrected chi connectivity index (χ3v) is 6.15. The minimum Gasteiger partial charge on any atom is -0.503 e. The first kappa shape index (κ1) is 26.7. The van der Waals surface area contributed by atoms with E-state index in [0.717, 1.165) is 11.1 Å². The first-order chi connectivity index (χ1) is 18.5. The Balaban J connectivity index is 1.68. The van der Waals surface area contributed by atoms with Crippen LogP contribution in [0.25, 0.3) is 6.08 Å². The zero-order valence-electron chi connectivity index (χ0n) is 21.5. The number of amides is 1. The summed E-state index contributed by atoms with van der Waals surface area (Å²) in [6.07, 6.45) is 3.04. The molecular weight excluding hydrogens is 482 g/mol. The number of hydrogen-bond donors (Lipinski definition) is 1. The van der Waals surface area contributed by atoms with Crippen LogP contribution < -0.4 is 9.47 Å². The van der Waals surface area contributed by atoms with Gasteiger partial charge < -0.3 is 24.2 Å². The Labute approximate surface area is 222 Å². The molecule has 0 aliphatic carbocycles. The maximum atomic E-state index is 13.3. The second-order valence-electron chi connectivity index (χ2n) is 8.68. The molecule has 0 saturated carbocycles. The molecule has 1 unspecified atom stereocenters. The van der Waals surface area contributed by atoms with E-state index in [4.69, 9.17) is 14.2 Å². The van der Waals surface area contributed by atoms with Gasteiger partial charge in [-0.3, -0.25) is 9.59 Å². The van der Waals surface area contributed by atoms with Crippen molar-refractivity contribution in [3.63, 3.8) is 0 Å². The van der Waals surface area contributed by atoms with E-state index in [0.29, 0.717) is 30.3 Å². The molecular formula is C31H31NO6. The normalized spacial score (nSPS) is 15.4. The first-order valence-electron chi connectivity index (χ1n) is 12.5. The highest BCUT2D eigenvalue weighted by molar-refractivity contribution is 6.14. The van der Waals surface area contributed by atoms with E-state index in [1.807, 2.05) is 67.6 Å². The van der Waals surface area contributed by atoms with Crippen LogP contribution >= 0.6 is 0 Å². The van der Waals surface area contributed by atoms with Gasteiger partial charge in [-0.2, -0.15) is 0 Å². The fraction of sp³-hybridized carbons (Fsp3) is 0.226. The Morgan fingerprint density at radius 2 is 1.68 bits per heavy atom. The maximum Gasteiger partial charge on any atom is 0.290 e. The molecule has 4 rings (SSSR count). The van der Waals surface area contributed by atoms with E-state index in [-0.39, 0.29) is 18.7 Å². The average molecular weight is 514 g/mol. The van der Waals surface area contributed by atoms with Crippen LogP contribution in [0.1, 0.15) is 29.7 Å². The third-order valence-electron chi connectivity index (χ3n) is 6.15. The van der Waals surface area contributed by atoms with Gasteiger partial charge in [0.25, 0.3) is 5.91 Å². The molecule has 0 radical (unpaired) electrons. The topological polar surface area (TPSA) is 85.3 Å². The summed E-state index contributed by atoms with van der Waals surface area (Å²) < 4.78 is 17.1. The number of benzene rings is 3. The smallest absolute Gasteiger partial charge is 0.290 e. The number of carbonyl (C=O) groups is 2. The van der Waals surface area contributed by atoms with Gasteiger partial charge in [-0.1, -0.05) is 72.8 Å². The van der Waals surface area contributed by atoms with Crippen molar-refractivity contribution in [2.75, 3.05) is 26.9 Å². The molecule has 1 N–H and O–H groups in total. The van der Waals surface area contributed by atoms with E-state index >= 15 is 0 Å². The first-order valence-corrected chi connectivity index (χ1v) is 12.5. The van der Waals surface area contributed by atoms with Crippen LogP contribution in [-0.4, -0.2) is 48.6 Å². The zero-order chi connectivity index (χ0) is 26.9. The van der Waals surface area contributed by atoms with Gasteiger partial charge in [0.2, 0.25) is 0 Å². The number of aliphatic hydroxyl groups excluding tert-OH is 1. The van der Waals surface area contributed by atoms with Crippen molar-refractivity contribution in [2.24, 2.45) is 0 Å². The lowest BCUT2D eigenvalue weighted by Crippen LogP contribution is -2.33. The molecule has 0 spiro atoms. The van der Waals surface area contributed by atoms with Crippen LogP contribution in [0.5, 0.6) is 11.5 Å². The van der Waals surface area contributed by atoms with E-state index < -0.39 is 23.5 Å². The number of ketones is 1. The van der Waals surface area contributed by atoms with Crippen LogP contribution in [-0.2, 0) is 20.9 Å². The number of carbonyl (C=O) groups excluding carboxylic acids is 2. The van der Waals surface area contributed by atoms with Gasteiger partial charge in [0, 0.05) is 13.7 Å². The lowest BCUT2D eigenvalue weighted by atomic mass is 9.95. The highest BCUT2D eigenvalue weighted by Gasteiger charge is 2.43. The van der Waals surface area contributed by atoms with E-state index in [1.54, 1.807) is 24.3 Å². The third kappa shape index (κ3) is 6.12. The number of rotatable bonds is 12. The Kier molecular flexibility index (Phi) is 8.95. The van der Waals surface area contributed by atoms with Gasteiger partial charge in [0.15, 0.2) is 23.0 Å². The number of methoxy groups -OCH3 is 1. The van der Waals surface area contributed by atoms with Crippen molar-refractivity contribution in [3.05, 3.63) is 113 Å². The van der Waals surface area contributed by atoms with Gasteiger partial charge in [0.05, 0.1) is 24.8 Å². The zero-order valence-corrected chi connectivity index (χ0v) is 21.5. The minimum absolute atomic E-state index is 0.0127. The summed E-state index contributed by atoms with van der Waals surface area (Å²) in [4.78, 5) is 27.8. The lowest BCUT2D eigenvalue weighted by Gasteiger charge is -2.27. The number of allylic oxidation sites excluding steroid dienone is 1. The van der Waals surface area contributed by atoms with Crippen molar-refractivity contribution in [3.8, 4) is 11.5 Å². The molecule has 196 valence electrons. The second kappa shape index (κ2) is 12.7. The lowest BCUT2D eigenvalue weighted by molar-refractivity contribution is -0.130. The molecule has 1 atom stereocenters. The van der Waals surface area contributed by atoms with E-state index in [9.17, 15) is 14.7 Å². The standard InChI is InChI=1S/C31H31NO6/c1-3-37-27-20-24(15-17-26(27)38-21-23-12-8-5-9-13-23)29-28(30(34)31(35)32(29)18-19-36-2)25(33)16-14-22-10-6-4-7-11-22/h4-17,20,29,34H,3,18-19,21H2,1-2H3/b16-14+. The molecule has 0 saturated heterocycles. The molecule has 1 aliphatic heterocycles. The van der Waals surface area contributed by atoms with E-state index in [1.165, 1.54) is 18.1 Å². The molecule has 7 nitrogen and oxygen atoms in total. The van der Waals surface area contributed by atoms with Crippen LogP contribution in [0.4, 0.5) is 0 Å². The molecule has 1 aliphatic rings. The summed E-state index contributed by atoms with van der Waals surface area (Å²) in [7, 11) is 1.53. The van der Waals surface area contributed by atoms with Crippen LogP contribution in [0.3, 0.4) is 0 Å². The predicted molar refractivity (Wildman–Crippen MR) is 145 cm³/mol. The summed E-state index contributed by atoms with van der Waals surface area (Å²) in [5.41, 5.74) is 2.47. The van der Waals surface area contributed by atoms with Gasteiger partial charge in [-0.25, -0.2) is 0 Å². The molecule has 0 fully saturated rings. The quantitative estimate of drug-likeness (QED) is 0.331. The summed E-state index contributed by atoms with van der Waals surface area (Å²) >= 11 is 0. The number of aliphatic hydroxyl groups is 1.